The summed E-state index contributed by atoms with van der Waals surface area (Å²) in [5, 5.41) is 23.5. The number of nitriles is 1. The fourth-order valence-corrected chi connectivity index (χ4v) is 4.32. The van der Waals surface area contributed by atoms with E-state index in [1.54, 1.807) is 42.5 Å². The molecule has 1 aromatic heterocycles. The minimum atomic E-state index is -0.193. The van der Waals surface area contributed by atoms with Crippen molar-refractivity contribution < 1.29 is 12.8 Å². The van der Waals surface area contributed by atoms with Crippen LogP contribution in [0.15, 0.2) is 66.7 Å². The van der Waals surface area contributed by atoms with Gasteiger partial charge in [0, 0.05) is 32.9 Å². The van der Waals surface area contributed by atoms with Gasteiger partial charge in [0.15, 0.2) is 5.82 Å². The summed E-state index contributed by atoms with van der Waals surface area (Å²) in [5.74, 6) is 1.19. The van der Waals surface area contributed by atoms with Crippen LogP contribution in [-0.2, 0) is 0 Å². The Kier molecular flexibility index (Phi) is 5.56. The topological polar surface area (TPSA) is 102 Å². The van der Waals surface area contributed by atoms with Crippen molar-refractivity contribution in [2.45, 2.75) is 19.4 Å². The molecule has 1 aliphatic rings. The van der Waals surface area contributed by atoms with Crippen LogP contribution in [0.4, 0.5) is 5.82 Å². The Morgan fingerprint density at radius 3 is 2.82 bits per heavy atom. The van der Waals surface area contributed by atoms with Gasteiger partial charge in [-0.1, -0.05) is 24.3 Å². The number of para-hydroxylation sites is 1. The Labute approximate surface area is 200 Å². The highest BCUT2D eigenvalue weighted by Crippen LogP contribution is 2.33. The van der Waals surface area contributed by atoms with Gasteiger partial charge in [0.1, 0.15) is 11.6 Å². The number of aromatic hydroxyl groups is 1. The molecule has 7 nitrogen and oxygen atoms in total. The smallest absolute Gasteiger partial charge is 0.251 e. The third-order valence-electron chi connectivity index (χ3n) is 6.05. The fraction of sp³-hybridized carbons (Fsp3) is 0.185. The van der Waals surface area contributed by atoms with Crippen LogP contribution in [0.2, 0.25) is 0 Å². The molecule has 1 aliphatic heterocycles. The zero-order valence-electron chi connectivity index (χ0n) is 18.7. The highest BCUT2D eigenvalue weighted by Gasteiger charge is 2.27. The lowest BCUT2D eigenvalue weighted by molar-refractivity contribution is 0.0940. The van der Waals surface area contributed by atoms with Crippen LogP contribution in [0, 0.1) is 18.3 Å². The Balaban J connectivity index is 0.00000180. The van der Waals surface area contributed by atoms with Crippen LogP contribution in [0.25, 0.3) is 22.3 Å². The first-order valence-corrected chi connectivity index (χ1v) is 11.1. The number of rotatable bonds is 4. The standard InChI is InChI=1S/C27H23N5O2.2H2/c1-17-9-10-21-23(13-17)30-25(22-7-2-3-8-24(22)33)31-26(21)32-12-11-20(16-32)29-27(34)19-6-4-5-18(14-19)15-28;;/h2-10,13-14,20,33H,11-12,16H2,1H3,(H,29,34);2*1H/t20-;;/m1../s1. The Morgan fingerprint density at radius 2 is 2.00 bits per heavy atom. The number of phenolic OH excluding ortho intramolecular Hbond substituents is 1. The first-order valence-electron chi connectivity index (χ1n) is 11.1. The number of anilines is 1. The number of amides is 1. The van der Waals surface area contributed by atoms with Gasteiger partial charge in [0.25, 0.3) is 5.91 Å². The first kappa shape index (κ1) is 21.4. The van der Waals surface area contributed by atoms with E-state index in [0.29, 0.717) is 29.1 Å². The van der Waals surface area contributed by atoms with Crippen LogP contribution in [0.3, 0.4) is 0 Å². The summed E-state index contributed by atoms with van der Waals surface area (Å²) in [4.78, 5) is 24.5. The molecule has 0 unspecified atom stereocenters. The summed E-state index contributed by atoms with van der Waals surface area (Å²) < 4.78 is 0. The molecule has 3 aromatic carbocycles. The number of phenols is 1. The third kappa shape index (κ3) is 4.14. The molecule has 7 heteroatoms. The van der Waals surface area contributed by atoms with Crippen LogP contribution in [0.1, 0.15) is 30.8 Å². The summed E-state index contributed by atoms with van der Waals surface area (Å²) in [6.45, 7) is 3.34. The van der Waals surface area contributed by atoms with E-state index in [1.165, 1.54) is 0 Å². The van der Waals surface area contributed by atoms with Crippen molar-refractivity contribution in [3.05, 3.63) is 83.4 Å². The number of carbonyl (C=O) groups excluding carboxylic acids is 1. The van der Waals surface area contributed by atoms with Crippen molar-refractivity contribution >= 4 is 22.6 Å². The minimum Gasteiger partial charge on any atom is -0.507 e. The molecule has 1 amide bonds. The van der Waals surface area contributed by atoms with Gasteiger partial charge in [-0.15, -0.1) is 0 Å². The molecular weight excluding hydrogens is 426 g/mol. The number of hydrogen-bond donors (Lipinski definition) is 2. The van der Waals surface area contributed by atoms with Gasteiger partial charge < -0.3 is 15.3 Å². The number of benzene rings is 3. The van der Waals surface area contributed by atoms with Gasteiger partial charge in [-0.2, -0.15) is 5.26 Å². The molecule has 5 rings (SSSR count). The van der Waals surface area contributed by atoms with E-state index < -0.39 is 0 Å². The first-order chi connectivity index (χ1) is 16.5. The molecule has 4 aromatic rings. The van der Waals surface area contributed by atoms with Crippen LogP contribution in [-0.4, -0.2) is 40.1 Å². The van der Waals surface area contributed by atoms with E-state index in [2.05, 4.69) is 16.3 Å². The van der Waals surface area contributed by atoms with Crippen molar-refractivity contribution in [2.24, 2.45) is 0 Å². The van der Waals surface area contributed by atoms with Crippen molar-refractivity contribution in [2.75, 3.05) is 18.0 Å². The summed E-state index contributed by atoms with van der Waals surface area (Å²) in [7, 11) is 0. The van der Waals surface area contributed by atoms with E-state index in [-0.39, 0.29) is 20.6 Å². The molecular formula is C27H27N5O2. The minimum absolute atomic E-state index is 0. The van der Waals surface area contributed by atoms with Gasteiger partial charge in [-0.3, -0.25) is 4.79 Å². The van der Waals surface area contributed by atoms with Crippen molar-refractivity contribution in [3.8, 4) is 23.2 Å². The average Bonchev–Trinajstić information content (AvgIpc) is 3.31. The summed E-state index contributed by atoms with van der Waals surface area (Å²) >= 11 is 0. The second-order valence-electron chi connectivity index (χ2n) is 8.51. The maximum absolute atomic E-state index is 12.7. The van der Waals surface area contributed by atoms with E-state index in [4.69, 9.17) is 15.2 Å². The lowest BCUT2D eigenvalue weighted by Crippen LogP contribution is -2.37. The highest BCUT2D eigenvalue weighted by molar-refractivity contribution is 5.95. The predicted molar refractivity (Wildman–Crippen MR) is 135 cm³/mol. The monoisotopic (exact) mass is 453 g/mol. The Hall–Kier alpha value is -4.44. The zero-order valence-corrected chi connectivity index (χ0v) is 18.7. The number of fused-ring (bicyclic) bond motifs is 1. The largest absolute Gasteiger partial charge is 0.507 e. The molecule has 1 fully saturated rings. The molecule has 1 atom stereocenters. The van der Waals surface area contributed by atoms with Gasteiger partial charge in [0.05, 0.1) is 22.7 Å². The SMILES string of the molecule is Cc1ccc2c(N3CC[C@@H](NC(=O)c4cccc(C#N)c4)C3)nc(-c3ccccc3O)nc2c1.[HH].[HH]. The molecule has 2 N–H and O–H groups in total. The summed E-state index contributed by atoms with van der Waals surface area (Å²) in [6, 6.07) is 21.8. The van der Waals surface area contributed by atoms with Crippen molar-refractivity contribution in [3.63, 3.8) is 0 Å². The van der Waals surface area contributed by atoms with Crippen LogP contribution < -0.4 is 10.2 Å². The van der Waals surface area contributed by atoms with E-state index in [1.807, 2.05) is 31.2 Å². The van der Waals surface area contributed by atoms with Crippen LogP contribution in [0.5, 0.6) is 5.75 Å². The molecule has 34 heavy (non-hydrogen) atoms. The number of aromatic nitrogens is 2. The second kappa shape index (κ2) is 8.83. The van der Waals surface area contributed by atoms with E-state index in [0.717, 1.165) is 35.2 Å². The number of hydrogen-bond acceptors (Lipinski definition) is 6. The number of nitrogens with one attached hydrogen (secondary N) is 1. The zero-order chi connectivity index (χ0) is 23.7. The molecule has 0 saturated carbocycles. The Morgan fingerprint density at radius 1 is 1.15 bits per heavy atom. The molecule has 1 saturated heterocycles. The summed E-state index contributed by atoms with van der Waals surface area (Å²) in [5.41, 5.74) is 3.41. The van der Waals surface area contributed by atoms with Crippen molar-refractivity contribution in [1.82, 2.24) is 15.3 Å². The Bertz CT molecular complexity index is 1450. The molecule has 0 radical (unpaired) electrons. The predicted octanol–water partition coefficient (Wildman–Crippen LogP) is 4.68. The van der Waals surface area contributed by atoms with Gasteiger partial charge in [0.2, 0.25) is 0 Å². The number of carbonyl (C=O) groups is 1. The van der Waals surface area contributed by atoms with Crippen LogP contribution >= 0.6 is 0 Å². The molecule has 0 aliphatic carbocycles. The lowest BCUT2D eigenvalue weighted by Gasteiger charge is -2.21. The summed E-state index contributed by atoms with van der Waals surface area (Å²) in [6.07, 6.45) is 0.771. The quantitative estimate of drug-likeness (QED) is 0.465. The normalized spacial score (nSPS) is 15.3. The number of aryl methyl sites for hydroxylation is 1. The molecule has 2 heterocycles. The van der Waals surface area contributed by atoms with Crippen molar-refractivity contribution in [1.29, 1.82) is 5.26 Å². The number of nitrogens with zero attached hydrogens (tertiary/aromatic N) is 4. The maximum Gasteiger partial charge on any atom is 0.251 e. The van der Waals surface area contributed by atoms with Gasteiger partial charge >= 0.3 is 0 Å². The third-order valence-corrected chi connectivity index (χ3v) is 6.05. The van der Waals surface area contributed by atoms with E-state index >= 15 is 0 Å². The van der Waals surface area contributed by atoms with E-state index in [9.17, 15) is 9.90 Å². The second-order valence-corrected chi connectivity index (χ2v) is 8.51. The maximum atomic E-state index is 12.7. The average molecular weight is 454 g/mol. The van der Waals surface area contributed by atoms with Gasteiger partial charge in [-0.05, 0) is 61.4 Å². The highest BCUT2D eigenvalue weighted by atomic mass is 16.3. The van der Waals surface area contributed by atoms with Gasteiger partial charge in [-0.25, -0.2) is 9.97 Å². The lowest BCUT2D eigenvalue weighted by atomic mass is 10.1. The molecule has 0 spiro atoms. The molecule has 0 bridgehead atoms. The molecule has 172 valence electrons. The fourth-order valence-electron chi connectivity index (χ4n) is 4.32.